The van der Waals surface area contributed by atoms with Gasteiger partial charge in [-0.3, -0.25) is 4.79 Å². The van der Waals surface area contributed by atoms with E-state index in [9.17, 15) is 39.2 Å². The lowest BCUT2D eigenvalue weighted by molar-refractivity contribution is -0.142. The van der Waals surface area contributed by atoms with Crippen molar-refractivity contribution in [1.82, 2.24) is 15.2 Å². The largest absolute Gasteiger partial charge is 0.435 e. The van der Waals surface area contributed by atoms with E-state index in [1.807, 2.05) is 0 Å². The van der Waals surface area contributed by atoms with Crippen molar-refractivity contribution in [3.8, 4) is 11.8 Å². The van der Waals surface area contributed by atoms with Gasteiger partial charge in [0.05, 0.1) is 11.1 Å². The topological polar surface area (TPSA) is 145 Å². The maximum absolute atomic E-state index is 14.6. The van der Waals surface area contributed by atoms with E-state index in [1.54, 1.807) is 0 Å². The number of alkyl halides is 3. The molecule has 0 radical (unpaired) electrons. The quantitative estimate of drug-likeness (QED) is 0.446. The van der Waals surface area contributed by atoms with Gasteiger partial charge in [-0.2, -0.15) is 13.2 Å². The molecule has 0 unspecified atom stereocenters. The minimum atomic E-state index is -5.00. The Hall–Kier alpha value is -3.66. The summed E-state index contributed by atoms with van der Waals surface area (Å²) in [5.74, 6) is -3.76. The third-order valence-electron chi connectivity index (χ3n) is 4.96. The van der Waals surface area contributed by atoms with Gasteiger partial charge in [-0.15, -0.1) is 10.2 Å². The van der Waals surface area contributed by atoms with Crippen LogP contribution in [0.25, 0.3) is 0 Å². The molecule has 0 atom stereocenters. The van der Waals surface area contributed by atoms with Crippen LogP contribution in [0.15, 0.2) is 40.3 Å². The van der Waals surface area contributed by atoms with Crippen molar-refractivity contribution in [3.05, 3.63) is 58.7 Å². The molecule has 2 aromatic heterocycles. The molecule has 0 fully saturated rings. The number of sulfone groups is 2. The predicted molar refractivity (Wildman–Crippen MR) is 121 cm³/mol. The molecule has 198 valence electrons. The number of nitrogens with zero attached hydrogens (tertiary/aromatic N) is 3. The first-order valence-corrected chi connectivity index (χ1v) is 13.8. The minimum Gasteiger partial charge on any atom is -0.418 e. The summed E-state index contributed by atoms with van der Waals surface area (Å²) in [7, 11) is -7.66. The lowest BCUT2D eigenvalue weighted by Gasteiger charge is -2.16. The first-order chi connectivity index (χ1) is 16.9. The van der Waals surface area contributed by atoms with Crippen LogP contribution in [0.1, 0.15) is 27.2 Å². The first kappa shape index (κ1) is 27.9. The number of halogens is 4. The Balaban J connectivity index is 2.12. The lowest BCUT2D eigenvalue weighted by atomic mass is 10.1. The van der Waals surface area contributed by atoms with Crippen molar-refractivity contribution in [1.29, 1.82) is 0 Å². The second-order valence-corrected chi connectivity index (χ2v) is 11.8. The molecule has 0 saturated carbocycles. The van der Waals surface area contributed by atoms with Crippen LogP contribution < -0.4 is 10.1 Å². The van der Waals surface area contributed by atoms with Crippen LogP contribution in [0.2, 0.25) is 0 Å². The number of hydrogen-bond donors (Lipinski definition) is 1. The molecule has 0 saturated heterocycles. The molecule has 0 aliphatic heterocycles. The Bertz CT molecular complexity index is 1620. The molecule has 2 heterocycles. The van der Waals surface area contributed by atoms with Gasteiger partial charge >= 0.3 is 6.18 Å². The number of pyridine rings is 1. The summed E-state index contributed by atoms with van der Waals surface area (Å²) in [5.41, 5.74) is -3.44. The number of aromatic nitrogens is 3. The number of nitrogens with one attached hydrogen (secondary N) is 1. The fourth-order valence-electron chi connectivity index (χ4n) is 3.11. The van der Waals surface area contributed by atoms with E-state index in [-0.39, 0.29) is 10.6 Å². The van der Waals surface area contributed by atoms with Crippen LogP contribution in [0.4, 0.5) is 23.2 Å². The zero-order valence-corrected chi connectivity index (χ0v) is 21.1. The van der Waals surface area contributed by atoms with Crippen LogP contribution in [0.3, 0.4) is 0 Å². The van der Waals surface area contributed by atoms with Gasteiger partial charge in [-0.25, -0.2) is 26.2 Å². The number of carbonyl (C=O) groups is 1. The molecular formula is C21H18F4N4O6S2. The highest BCUT2D eigenvalue weighted by Crippen LogP contribution is 2.36. The predicted octanol–water partition coefficient (Wildman–Crippen LogP) is 3.50. The van der Waals surface area contributed by atoms with E-state index < -0.39 is 76.6 Å². The van der Waals surface area contributed by atoms with Crippen molar-refractivity contribution in [2.24, 2.45) is 0 Å². The molecule has 0 bridgehead atoms. The summed E-state index contributed by atoms with van der Waals surface area (Å²) < 4.78 is 107. The zero-order valence-electron chi connectivity index (χ0n) is 19.5. The molecular weight excluding hydrogens is 544 g/mol. The molecule has 0 spiro atoms. The summed E-state index contributed by atoms with van der Waals surface area (Å²) in [6, 6.07) is 4.95. The number of anilines is 1. The SMILES string of the molecule is Cc1c(Oc2nnc(C(F)(F)F)c(C)c2C(=O)Nc2cccc(S(C)(=O)=O)c2)ncc(S(C)(=O)=O)c1F. The number of benzene rings is 1. The molecule has 16 heteroatoms. The Morgan fingerprint density at radius 3 is 2.19 bits per heavy atom. The van der Waals surface area contributed by atoms with E-state index in [0.717, 1.165) is 32.4 Å². The highest BCUT2D eigenvalue weighted by molar-refractivity contribution is 7.91. The third kappa shape index (κ3) is 6.02. The molecule has 0 aliphatic carbocycles. The molecule has 1 N–H and O–H groups in total. The Morgan fingerprint density at radius 2 is 1.62 bits per heavy atom. The second-order valence-electron chi connectivity index (χ2n) is 7.85. The van der Waals surface area contributed by atoms with E-state index in [0.29, 0.717) is 6.20 Å². The van der Waals surface area contributed by atoms with E-state index in [4.69, 9.17) is 4.74 Å². The molecule has 3 aromatic rings. The van der Waals surface area contributed by atoms with Crippen LogP contribution in [0.5, 0.6) is 11.8 Å². The smallest absolute Gasteiger partial charge is 0.418 e. The van der Waals surface area contributed by atoms with Crippen molar-refractivity contribution in [3.63, 3.8) is 0 Å². The van der Waals surface area contributed by atoms with Gasteiger partial charge in [0.2, 0.25) is 5.88 Å². The average Bonchev–Trinajstić information content (AvgIpc) is 2.74. The number of rotatable bonds is 6. The molecule has 0 aliphatic rings. The molecule has 10 nitrogen and oxygen atoms in total. The monoisotopic (exact) mass is 562 g/mol. The summed E-state index contributed by atoms with van der Waals surface area (Å²) >= 11 is 0. The van der Waals surface area contributed by atoms with Crippen LogP contribution in [0, 0.1) is 19.7 Å². The van der Waals surface area contributed by atoms with Gasteiger partial charge in [-0.05, 0) is 37.6 Å². The maximum Gasteiger partial charge on any atom is 0.435 e. The van der Waals surface area contributed by atoms with Crippen molar-refractivity contribution < 1.29 is 43.9 Å². The van der Waals surface area contributed by atoms with Gasteiger partial charge in [0.15, 0.2) is 31.2 Å². The maximum atomic E-state index is 14.6. The van der Waals surface area contributed by atoms with Gasteiger partial charge in [0.1, 0.15) is 10.5 Å². The Labute approximate surface area is 208 Å². The van der Waals surface area contributed by atoms with Crippen molar-refractivity contribution in [2.45, 2.75) is 29.8 Å². The Kier molecular flexibility index (Phi) is 7.29. The van der Waals surface area contributed by atoms with Gasteiger partial charge < -0.3 is 10.1 Å². The highest BCUT2D eigenvalue weighted by atomic mass is 32.2. The third-order valence-corrected chi connectivity index (χ3v) is 7.15. The number of ether oxygens (including phenoxy) is 1. The van der Waals surface area contributed by atoms with Gasteiger partial charge in [0, 0.05) is 23.8 Å². The fraction of sp³-hybridized carbons (Fsp3) is 0.238. The normalized spacial score (nSPS) is 12.3. The van der Waals surface area contributed by atoms with E-state index in [1.165, 1.54) is 18.2 Å². The molecule has 37 heavy (non-hydrogen) atoms. The summed E-state index contributed by atoms with van der Waals surface area (Å²) in [4.78, 5) is 15.9. The van der Waals surface area contributed by atoms with E-state index in [2.05, 4.69) is 20.5 Å². The highest BCUT2D eigenvalue weighted by Gasteiger charge is 2.38. The zero-order chi connectivity index (χ0) is 27.9. The lowest BCUT2D eigenvalue weighted by Crippen LogP contribution is -2.21. The average molecular weight is 563 g/mol. The minimum absolute atomic E-state index is 0.0681. The fourth-order valence-corrected chi connectivity index (χ4v) is 4.50. The standard InChI is InChI=1S/C21H18F4N4O6S2/c1-10-15(18(30)27-12-6-5-7-13(8-12)36(3,31)32)20(29-28-17(10)21(23,24)25)35-19-11(2)16(22)14(9-26-19)37(4,33)34/h5-9H,1-4H3,(H,27,30). The van der Waals surface area contributed by atoms with Crippen molar-refractivity contribution >= 4 is 31.3 Å². The first-order valence-electron chi connectivity index (χ1n) is 10.00. The molecule has 3 rings (SSSR count). The van der Waals surface area contributed by atoms with Gasteiger partial charge in [0.25, 0.3) is 11.8 Å². The van der Waals surface area contributed by atoms with Gasteiger partial charge in [-0.1, -0.05) is 6.07 Å². The van der Waals surface area contributed by atoms with Crippen LogP contribution in [-0.2, 0) is 25.9 Å². The Morgan fingerprint density at radius 1 is 0.973 bits per heavy atom. The number of carbonyl (C=O) groups excluding carboxylic acids is 1. The summed E-state index contributed by atoms with van der Waals surface area (Å²) in [6.07, 6.45) is -2.68. The van der Waals surface area contributed by atoms with E-state index >= 15 is 0 Å². The summed E-state index contributed by atoms with van der Waals surface area (Å²) in [6.45, 7) is 2.03. The molecule has 1 amide bonds. The summed E-state index contributed by atoms with van der Waals surface area (Å²) in [5, 5.41) is 8.69. The number of hydrogen-bond acceptors (Lipinski definition) is 9. The second kappa shape index (κ2) is 9.66. The molecule has 1 aromatic carbocycles. The number of amides is 1. The van der Waals surface area contributed by atoms with Crippen LogP contribution >= 0.6 is 0 Å². The van der Waals surface area contributed by atoms with Crippen LogP contribution in [-0.4, -0.2) is 50.4 Å². The van der Waals surface area contributed by atoms with Crippen molar-refractivity contribution in [2.75, 3.05) is 17.8 Å².